The van der Waals surface area contributed by atoms with Crippen LogP contribution in [0.5, 0.6) is 0 Å². The Morgan fingerprint density at radius 2 is 0.943 bits per heavy atom. The van der Waals surface area contributed by atoms with Gasteiger partial charge in [-0.2, -0.15) is 0 Å². The van der Waals surface area contributed by atoms with Crippen LogP contribution in [0.25, 0.3) is 0 Å². The third-order valence-electron chi connectivity index (χ3n) is 4.61. The fourth-order valence-electron chi connectivity index (χ4n) is 0.817. The van der Waals surface area contributed by atoms with Crippen LogP contribution in [0.3, 0.4) is 0 Å². The predicted octanol–water partition coefficient (Wildman–Crippen LogP) is 6.05. The van der Waals surface area contributed by atoms with Gasteiger partial charge in [0.1, 0.15) is 29.1 Å². The molecular weight excluding hydrogens is 539 g/mol. The van der Waals surface area contributed by atoms with Gasteiger partial charge in [-0.05, 0) is 27.7 Å². The SMILES string of the molecule is CC(=O)C(C)(C)C.CC(=O)C(C)(C)O.CC(C)(C)C(=O)CBr.COP(=O)(CC(=O)C(C)(C)C)OC. The van der Waals surface area contributed by atoms with Gasteiger partial charge >= 0.3 is 7.60 Å². The van der Waals surface area contributed by atoms with Crippen LogP contribution in [0.1, 0.15) is 90.0 Å². The zero-order valence-corrected chi connectivity index (χ0v) is 27.0. The van der Waals surface area contributed by atoms with Gasteiger partial charge in [0.2, 0.25) is 0 Å². The lowest BCUT2D eigenvalue weighted by Crippen LogP contribution is -2.27. The zero-order chi connectivity index (χ0) is 29.6. The van der Waals surface area contributed by atoms with Crippen molar-refractivity contribution in [2.75, 3.05) is 25.7 Å². The van der Waals surface area contributed by atoms with Crippen LogP contribution < -0.4 is 0 Å². The van der Waals surface area contributed by atoms with Gasteiger partial charge in [-0.15, -0.1) is 0 Å². The van der Waals surface area contributed by atoms with E-state index in [0.29, 0.717) is 5.33 Å². The average molecular weight is 590 g/mol. The van der Waals surface area contributed by atoms with Crippen LogP contribution in [-0.4, -0.2) is 59.6 Å². The Hall–Kier alpha value is -0.730. The third-order valence-corrected chi connectivity index (χ3v) is 6.90. The summed E-state index contributed by atoms with van der Waals surface area (Å²) in [6.07, 6.45) is -0.163. The number of carbonyl (C=O) groups is 4. The summed E-state index contributed by atoms with van der Waals surface area (Å²) in [4.78, 5) is 42.9. The van der Waals surface area contributed by atoms with E-state index in [0.717, 1.165) is 0 Å². The van der Waals surface area contributed by atoms with E-state index in [1.54, 1.807) is 27.7 Å². The van der Waals surface area contributed by atoms with Crippen LogP contribution in [0.2, 0.25) is 0 Å². The van der Waals surface area contributed by atoms with Crippen LogP contribution in [0.4, 0.5) is 0 Å². The van der Waals surface area contributed by atoms with E-state index in [1.807, 2.05) is 41.5 Å². The van der Waals surface area contributed by atoms with Crippen LogP contribution in [-0.2, 0) is 32.8 Å². The summed E-state index contributed by atoms with van der Waals surface area (Å²) in [5.41, 5.74) is -1.96. The van der Waals surface area contributed by atoms with Crippen molar-refractivity contribution in [1.29, 1.82) is 0 Å². The molecule has 0 saturated heterocycles. The number of hydrogen-bond donors (Lipinski definition) is 1. The van der Waals surface area contributed by atoms with Gasteiger partial charge in [-0.3, -0.25) is 23.7 Å². The summed E-state index contributed by atoms with van der Waals surface area (Å²) >= 11 is 3.10. The zero-order valence-electron chi connectivity index (χ0n) is 24.5. The smallest absolute Gasteiger partial charge is 0.337 e. The highest BCUT2D eigenvalue weighted by Gasteiger charge is 2.31. The van der Waals surface area contributed by atoms with Gasteiger partial charge in [0.15, 0.2) is 5.78 Å². The van der Waals surface area contributed by atoms with E-state index < -0.39 is 18.6 Å². The van der Waals surface area contributed by atoms with Gasteiger partial charge in [-0.25, -0.2) is 0 Å². The molecule has 1 N–H and O–H groups in total. The molecular formula is C25H50BrO8P. The quantitative estimate of drug-likeness (QED) is 0.293. The highest BCUT2D eigenvalue weighted by atomic mass is 79.9. The molecule has 0 amide bonds. The second kappa shape index (κ2) is 16.9. The molecule has 210 valence electrons. The minimum atomic E-state index is -3.18. The second-order valence-corrected chi connectivity index (χ2v) is 14.4. The Kier molecular flexibility index (Phi) is 20.0. The molecule has 0 rings (SSSR count). The van der Waals surface area contributed by atoms with Crippen molar-refractivity contribution in [2.24, 2.45) is 16.2 Å². The van der Waals surface area contributed by atoms with Gasteiger partial charge in [0.25, 0.3) is 0 Å². The van der Waals surface area contributed by atoms with Crippen molar-refractivity contribution in [3.8, 4) is 0 Å². The van der Waals surface area contributed by atoms with Gasteiger partial charge in [-0.1, -0.05) is 78.2 Å². The number of halogens is 1. The first kappa shape index (κ1) is 41.4. The number of rotatable bonds is 6. The maximum Gasteiger partial charge on any atom is 0.337 e. The average Bonchev–Trinajstić information content (AvgIpc) is 2.65. The van der Waals surface area contributed by atoms with Gasteiger partial charge in [0.05, 0.1) is 5.33 Å². The van der Waals surface area contributed by atoms with E-state index in [2.05, 4.69) is 25.0 Å². The molecule has 0 aromatic rings. The first-order valence-electron chi connectivity index (χ1n) is 11.2. The minimum absolute atomic E-state index is 0.125. The van der Waals surface area contributed by atoms with Crippen LogP contribution >= 0.6 is 23.5 Å². The van der Waals surface area contributed by atoms with Crippen molar-refractivity contribution < 1.29 is 37.9 Å². The number of hydrogen-bond acceptors (Lipinski definition) is 8. The molecule has 0 spiro atoms. The fraction of sp³-hybridized carbons (Fsp3) is 0.840. The molecule has 0 radical (unpaired) electrons. The fourth-order valence-corrected chi connectivity index (χ4v) is 2.89. The normalized spacial score (nSPS) is 12.0. The number of carbonyl (C=O) groups excluding carboxylic acids is 4. The Labute approximate surface area is 222 Å². The largest absolute Gasteiger partial charge is 0.383 e. The molecule has 0 saturated carbocycles. The standard InChI is InChI=1S/C8H17O4P.C6H11BrO.C6H12O.C5H10O2/c1-8(2,3)7(9)6-13(10,11-4)12-5;1-6(2,3)5(8)4-7;1-5(7)6(2,3)4;1-4(6)5(2,3)7/h6H2,1-5H3;4H2,1-3H3;1-4H3;7H,1-3H3. The number of ketones is 4. The molecule has 0 fully saturated rings. The summed E-state index contributed by atoms with van der Waals surface area (Å²) in [5, 5.41) is 9.21. The topological polar surface area (TPSA) is 124 Å². The Balaban J connectivity index is -0.000000191. The maximum atomic E-state index is 11.5. The van der Waals surface area contributed by atoms with E-state index in [9.17, 15) is 23.7 Å². The summed E-state index contributed by atoms with van der Waals surface area (Å²) < 4.78 is 20.9. The summed E-state index contributed by atoms with van der Waals surface area (Å²) in [5.74, 6) is 0.164. The molecule has 0 atom stereocenters. The lowest BCUT2D eigenvalue weighted by Gasteiger charge is -2.19. The lowest BCUT2D eigenvalue weighted by molar-refractivity contribution is -0.131. The molecule has 8 nitrogen and oxygen atoms in total. The molecule has 0 aliphatic heterocycles. The van der Waals surface area contributed by atoms with Crippen molar-refractivity contribution >= 4 is 46.7 Å². The van der Waals surface area contributed by atoms with Crippen LogP contribution in [0, 0.1) is 16.2 Å². The molecule has 0 aliphatic rings. The van der Waals surface area contributed by atoms with Crippen molar-refractivity contribution in [2.45, 2.75) is 95.6 Å². The molecule has 35 heavy (non-hydrogen) atoms. The molecule has 10 heteroatoms. The van der Waals surface area contributed by atoms with Crippen molar-refractivity contribution in [3.63, 3.8) is 0 Å². The molecule has 0 heterocycles. The highest BCUT2D eigenvalue weighted by Crippen LogP contribution is 2.47. The van der Waals surface area contributed by atoms with Crippen molar-refractivity contribution in [1.82, 2.24) is 0 Å². The second-order valence-electron chi connectivity index (χ2n) is 11.5. The predicted molar refractivity (Wildman–Crippen MR) is 146 cm³/mol. The first-order chi connectivity index (χ1) is 15.1. The Morgan fingerprint density at radius 3 is 1.03 bits per heavy atom. The highest BCUT2D eigenvalue weighted by molar-refractivity contribution is 9.09. The minimum Gasteiger partial charge on any atom is -0.383 e. The molecule has 0 aromatic carbocycles. The van der Waals surface area contributed by atoms with Gasteiger partial charge < -0.3 is 14.2 Å². The molecule has 0 aliphatic carbocycles. The van der Waals surface area contributed by atoms with E-state index in [-0.39, 0.29) is 40.1 Å². The third kappa shape index (κ3) is 24.7. The molecule has 0 aromatic heterocycles. The van der Waals surface area contributed by atoms with E-state index in [1.165, 1.54) is 35.0 Å². The van der Waals surface area contributed by atoms with Crippen molar-refractivity contribution in [3.05, 3.63) is 0 Å². The monoisotopic (exact) mass is 588 g/mol. The summed E-state index contributed by atoms with van der Waals surface area (Å²) in [6.45, 7) is 22.7. The van der Waals surface area contributed by atoms with Crippen LogP contribution in [0.15, 0.2) is 0 Å². The summed E-state index contributed by atoms with van der Waals surface area (Å²) in [6, 6.07) is 0. The van der Waals surface area contributed by atoms with E-state index in [4.69, 9.17) is 5.11 Å². The van der Waals surface area contributed by atoms with E-state index >= 15 is 0 Å². The number of aliphatic hydroxyl groups is 1. The maximum absolute atomic E-state index is 11.5. The lowest BCUT2D eigenvalue weighted by atomic mass is 9.92. The number of Topliss-reactive ketones (excluding diaryl/α,β-unsaturated/α-hetero) is 4. The molecule has 0 bridgehead atoms. The summed E-state index contributed by atoms with van der Waals surface area (Å²) in [7, 11) is -0.627. The Bertz CT molecular complexity index is 686. The number of alkyl halides is 1. The van der Waals surface area contributed by atoms with Gasteiger partial charge in [0, 0.05) is 30.5 Å². The first-order valence-corrected chi connectivity index (χ1v) is 14.0. The molecule has 0 unspecified atom stereocenters. The Morgan fingerprint density at radius 1 is 0.686 bits per heavy atom.